The van der Waals surface area contributed by atoms with Crippen LogP contribution >= 0.6 is 0 Å². The molecule has 2 aromatic carbocycles. The van der Waals surface area contributed by atoms with Crippen LogP contribution in [0.4, 0.5) is 5.69 Å². The highest BCUT2D eigenvalue weighted by atomic mass is 16.3. The summed E-state index contributed by atoms with van der Waals surface area (Å²) in [5.41, 5.74) is 2.23. The molecule has 0 atom stereocenters. The Bertz CT molecular complexity index is 551. The van der Waals surface area contributed by atoms with Crippen molar-refractivity contribution in [3.63, 3.8) is 0 Å². The van der Waals surface area contributed by atoms with Crippen LogP contribution in [-0.2, 0) is 6.42 Å². The van der Waals surface area contributed by atoms with Gasteiger partial charge in [0, 0.05) is 6.54 Å². The summed E-state index contributed by atoms with van der Waals surface area (Å²) in [5.74, 6) is 0. The molecule has 0 radical (unpaired) electrons. The Morgan fingerprint density at radius 1 is 1.12 bits per heavy atom. The molecule has 0 aromatic heterocycles. The zero-order chi connectivity index (χ0) is 11.0. The maximum absolute atomic E-state index is 10.7. The van der Waals surface area contributed by atoms with Gasteiger partial charge in [0.05, 0.1) is 11.0 Å². The van der Waals surface area contributed by atoms with E-state index in [0.717, 1.165) is 25.1 Å². The second kappa shape index (κ2) is 3.59. The Labute approximate surface area is 93.6 Å². The van der Waals surface area contributed by atoms with Crippen molar-refractivity contribution in [3.05, 3.63) is 46.9 Å². The highest BCUT2D eigenvalue weighted by Crippen LogP contribution is 2.33. The standard InChI is InChI=1S/C13H12N2O/c16-14-15-9-3-6-12-11-5-2-1-4-10(11)7-8-13(12)15/h1-2,4-5,7-8H,3,6,9H2. The summed E-state index contributed by atoms with van der Waals surface area (Å²) in [6.45, 7) is 0.731. The number of rotatable bonds is 1. The van der Waals surface area contributed by atoms with Gasteiger partial charge in [-0.15, -0.1) is 4.91 Å². The Hall–Kier alpha value is -1.90. The number of aryl methyl sites for hydroxylation is 1. The number of nitroso groups, excluding NO2 is 1. The van der Waals surface area contributed by atoms with Crippen molar-refractivity contribution < 1.29 is 0 Å². The molecule has 0 aliphatic carbocycles. The highest BCUT2D eigenvalue weighted by Gasteiger charge is 2.18. The molecule has 16 heavy (non-hydrogen) atoms. The van der Waals surface area contributed by atoms with E-state index in [1.165, 1.54) is 16.3 Å². The van der Waals surface area contributed by atoms with E-state index in [4.69, 9.17) is 0 Å². The van der Waals surface area contributed by atoms with E-state index >= 15 is 0 Å². The van der Waals surface area contributed by atoms with Crippen LogP contribution in [-0.4, -0.2) is 6.54 Å². The van der Waals surface area contributed by atoms with Crippen molar-refractivity contribution in [1.82, 2.24) is 0 Å². The first kappa shape index (κ1) is 9.33. The van der Waals surface area contributed by atoms with Crippen LogP contribution in [0.5, 0.6) is 0 Å². The third kappa shape index (κ3) is 1.28. The minimum absolute atomic E-state index is 0.731. The predicted octanol–water partition coefficient (Wildman–Crippen LogP) is 3.27. The van der Waals surface area contributed by atoms with Gasteiger partial charge < -0.3 is 0 Å². The maximum Gasteiger partial charge on any atom is 0.0664 e. The lowest BCUT2D eigenvalue weighted by molar-refractivity contribution is 0.716. The van der Waals surface area contributed by atoms with Gasteiger partial charge in [0.1, 0.15) is 0 Å². The first-order valence-electron chi connectivity index (χ1n) is 5.51. The zero-order valence-corrected chi connectivity index (χ0v) is 8.89. The van der Waals surface area contributed by atoms with E-state index in [1.54, 1.807) is 5.01 Å². The summed E-state index contributed by atoms with van der Waals surface area (Å²) in [6, 6.07) is 12.3. The van der Waals surface area contributed by atoms with Crippen LogP contribution in [0.3, 0.4) is 0 Å². The van der Waals surface area contributed by atoms with Crippen molar-refractivity contribution in [2.24, 2.45) is 5.29 Å². The topological polar surface area (TPSA) is 32.7 Å². The molecule has 1 aliphatic rings. The van der Waals surface area contributed by atoms with Crippen molar-refractivity contribution in [2.45, 2.75) is 12.8 Å². The highest BCUT2D eigenvalue weighted by molar-refractivity contribution is 5.90. The van der Waals surface area contributed by atoms with E-state index in [2.05, 4.69) is 23.5 Å². The van der Waals surface area contributed by atoms with Crippen LogP contribution in [0.25, 0.3) is 10.8 Å². The largest absolute Gasteiger partial charge is 0.229 e. The van der Waals surface area contributed by atoms with Gasteiger partial charge in [0.2, 0.25) is 0 Å². The quantitative estimate of drug-likeness (QED) is 0.679. The Kier molecular flexibility index (Phi) is 2.10. The Balaban J connectivity index is 2.29. The summed E-state index contributed by atoms with van der Waals surface area (Å²) in [4.78, 5) is 10.7. The van der Waals surface area contributed by atoms with Crippen LogP contribution < -0.4 is 5.01 Å². The summed E-state index contributed by atoms with van der Waals surface area (Å²) < 4.78 is 0. The summed E-state index contributed by atoms with van der Waals surface area (Å²) in [7, 11) is 0. The summed E-state index contributed by atoms with van der Waals surface area (Å²) in [5, 5.41) is 7.11. The van der Waals surface area contributed by atoms with E-state index in [9.17, 15) is 4.91 Å². The van der Waals surface area contributed by atoms with Crippen molar-refractivity contribution in [1.29, 1.82) is 0 Å². The number of hydrogen-bond acceptors (Lipinski definition) is 2. The molecule has 0 amide bonds. The van der Waals surface area contributed by atoms with Gasteiger partial charge in [0.15, 0.2) is 0 Å². The number of benzene rings is 2. The van der Waals surface area contributed by atoms with E-state index in [0.29, 0.717) is 0 Å². The third-order valence-electron chi connectivity index (χ3n) is 3.19. The van der Waals surface area contributed by atoms with Crippen molar-refractivity contribution >= 4 is 16.5 Å². The van der Waals surface area contributed by atoms with Crippen LogP contribution in [0.15, 0.2) is 41.7 Å². The van der Waals surface area contributed by atoms with Gasteiger partial charge in [-0.2, -0.15) is 0 Å². The van der Waals surface area contributed by atoms with Crippen LogP contribution in [0, 0.1) is 4.91 Å². The molecule has 0 bridgehead atoms. The SMILES string of the molecule is O=NN1CCCc2c1ccc1ccccc21. The van der Waals surface area contributed by atoms with Gasteiger partial charge in [-0.1, -0.05) is 30.3 Å². The van der Waals surface area contributed by atoms with Crippen molar-refractivity contribution in [3.8, 4) is 0 Å². The number of fused-ring (bicyclic) bond motifs is 3. The average molecular weight is 212 g/mol. The minimum atomic E-state index is 0.731. The van der Waals surface area contributed by atoms with Gasteiger partial charge in [-0.3, -0.25) is 0 Å². The molecule has 0 fully saturated rings. The molecule has 0 saturated heterocycles. The predicted molar refractivity (Wildman–Crippen MR) is 65.4 cm³/mol. The smallest absolute Gasteiger partial charge is 0.0664 e. The van der Waals surface area contributed by atoms with Crippen LogP contribution in [0.2, 0.25) is 0 Å². The third-order valence-corrected chi connectivity index (χ3v) is 3.19. The molecule has 0 N–H and O–H groups in total. The fraction of sp³-hybridized carbons (Fsp3) is 0.231. The Morgan fingerprint density at radius 2 is 2.00 bits per heavy atom. The van der Waals surface area contributed by atoms with Crippen molar-refractivity contribution in [2.75, 3.05) is 11.6 Å². The molecule has 80 valence electrons. The van der Waals surface area contributed by atoms with Gasteiger partial charge in [-0.25, -0.2) is 5.01 Å². The van der Waals surface area contributed by atoms with E-state index in [-0.39, 0.29) is 0 Å². The Morgan fingerprint density at radius 3 is 2.88 bits per heavy atom. The first-order valence-corrected chi connectivity index (χ1v) is 5.51. The molecule has 3 heteroatoms. The molecule has 3 nitrogen and oxygen atoms in total. The minimum Gasteiger partial charge on any atom is -0.229 e. The molecule has 3 rings (SSSR count). The lowest BCUT2D eigenvalue weighted by Gasteiger charge is -2.25. The maximum atomic E-state index is 10.7. The molecule has 0 spiro atoms. The fourth-order valence-corrected chi connectivity index (χ4v) is 2.44. The average Bonchev–Trinajstić information content (AvgIpc) is 2.37. The molecular weight excluding hydrogens is 200 g/mol. The molecule has 2 aromatic rings. The second-order valence-electron chi connectivity index (χ2n) is 4.09. The first-order chi connectivity index (χ1) is 7.90. The summed E-state index contributed by atoms with van der Waals surface area (Å²) >= 11 is 0. The van der Waals surface area contributed by atoms with Crippen LogP contribution in [0.1, 0.15) is 12.0 Å². The normalized spacial score (nSPS) is 14.9. The molecular formula is C13H12N2O. The molecule has 0 saturated carbocycles. The van der Waals surface area contributed by atoms with Gasteiger partial charge in [-0.05, 0) is 35.2 Å². The lowest BCUT2D eigenvalue weighted by atomic mass is 9.96. The molecule has 1 heterocycles. The monoisotopic (exact) mass is 212 g/mol. The van der Waals surface area contributed by atoms with Gasteiger partial charge in [0.25, 0.3) is 0 Å². The lowest BCUT2D eigenvalue weighted by Crippen LogP contribution is -2.23. The fourth-order valence-electron chi connectivity index (χ4n) is 2.44. The molecule has 1 aliphatic heterocycles. The summed E-state index contributed by atoms with van der Waals surface area (Å²) in [6.07, 6.45) is 2.02. The number of anilines is 1. The number of hydrogen-bond donors (Lipinski definition) is 0. The zero-order valence-electron chi connectivity index (χ0n) is 8.89. The number of nitrogens with zero attached hydrogens (tertiary/aromatic N) is 2. The second-order valence-corrected chi connectivity index (χ2v) is 4.09. The van der Waals surface area contributed by atoms with E-state index < -0.39 is 0 Å². The van der Waals surface area contributed by atoms with Gasteiger partial charge >= 0.3 is 0 Å². The van der Waals surface area contributed by atoms with E-state index in [1.807, 2.05) is 18.2 Å². The molecule has 0 unspecified atom stereocenters.